The van der Waals surface area contributed by atoms with Gasteiger partial charge in [-0.15, -0.1) is 0 Å². The fourth-order valence-corrected chi connectivity index (χ4v) is 4.54. The molecule has 0 spiro atoms. The Labute approximate surface area is 218 Å². The molecule has 0 aromatic heterocycles. The van der Waals surface area contributed by atoms with Crippen molar-refractivity contribution in [2.75, 3.05) is 13.2 Å². The van der Waals surface area contributed by atoms with Gasteiger partial charge in [-0.1, -0.05) is 130 Å². The molecule has 0 saturated carbocycles. The lowest BCUT2D eigenvalue weighted by atomic mass is 9.90. The third-order valence-corrected chi connectivity index (χ3v) is 7.01. The summed E-state index contributed by atoms with van der Waals surface area (Å²) < 4.78 is 10.8. The fourth-order valence-electron chi connectivity index (χ4n) is 4.54. The van der Waals surface area contributed by atoms with E-state index in [1.54, 1.807) is 0 Å². The van der Waals surface area contributed by atoms with E-state index in [1.165, 1.54) is 64.2 Å². The van der Waals surface area contributed by atoms with Crippen LogP contribution in [-0.2, 0) is 19.1 Å². The molecule has 0 aromatic carbocycles. The molecule has 0 rings (SSSR count). The van der Waals surface area contributed by atoms with E-state index in [1.807, 2.05) is 0 Å². The average molecular weight is 497 g/mol. The molecule has 0 radical (unpaired) electrons. The third kappa shape index (κ3) is 23.1. The lowest BCUT2D eigenvalue weighted by Crippen LogP contribution is -2.23. The van der Waals surface area contributed by atoms with Crippen molar-refractivity contribution in [2.24, 2.45) is 11.8 Å². The zero-order chi connectivity index (χ0) is 26.0. The molecule has 0 aliphatic rings. The molecule has 1 atom stereocenters. The summed E-state index contributed by atoms with van der Waals surface area (Å²) >= 11 is 0. The zero-order valence-corrected chi connectivity index (χ0v) is 24.1. The van der Waals surface area contributed by atoms with E-state index >= 15 is 0 Å². The first-order chi connectivity index (χ1) is 17.0. The molecule has 0 amide bonds. The lowest BCUT2D eigenvalue weighted by Gasteiger charge is -2.19. The summed E-state index contributed by atoms with van der Waals surface area (Å²) in [4.78, 5) is 24.0. The van der Waals surface area contributed by atoms with E-state index in [0.717, 1.165) is 64.2 Å². The molecule has 1 unspecified atom stereocenters. The number of hydrogen-bond donors (Lipinski definition) is 0. The molecular formula is C31H60O4. The highest BCUT2D eigenvalue weighted by atomic mass is 16.5. The second kappa shape index (κ2) is 26.0. The summed E-state index contributed by atoms with van der Waals surface area (Å²) in [5, 5.41) is 0. The Hall–Kier alpha value is -1.06. The van der Waals surface area contributed by atoms with Crippen LogP contribution < -0.4 is 0 Å². The average Bonchev–Trinajstić information content (AvgIpc) is 2.84. The van der Waals surface area contributed by atoms with Crippen LogP contribution in [0.5, 0.6) is 0 Å². The maximum Gasteiger partial charge on any atom is 0.309 e. The predicted octanol–water partition coefficient (Wildman–Crippen LogP) is 9.58. The van der Waals surface area contributed by atoms with Crippen molar-refractivity contribution in [3.8, 4) is 0 Å². The fraction of sp³-hybridized carbons (Fsp3) is 0.935. The Kier molecular flexibility index (Phi) is 25.2. The highest BCUT2D eigenvalue weighted by Gasteiger charge is 2.22. The highest BCUT2D eigenvalue weighted by Crippen LogP contribution is 2.21. The molecular weight excluding hydrogens is 436 g/mol. The summed E-state index contributed by atoms with van der Waals surface area (Å²) in [5.41, 5.74) is 0. The van der Waals surface area contributed by atoms with E-state index < -0.39 is 0 Å². The van der Waals surface area contributed by atoms with Gasteiger partial charge in [0.05, 0.1) is 19.1 Å². The van der Waals surface area contributed by atoms with Crippen molar-refractivity contribution >= 4 is 11.9 Å². The van der Waals surface area contributed by atoms with Gasteiger partial charge in [0.2, 0.25) is 0 Å². The molecule has 0 aliphatic heterocycles. The van der Waals surface area contributed by atoms with Gasteiger partial charge >= 0.3 is 11.9 Å². The molecule has 0 aromatic rings. The number of carbonyl (C=O) groups is 2. The normalized spacial score (nSPS) is 12.1. The summed E-state index contributed by atoms with van der Waals surface area (Å²) in [7, 11) is 0. The van der Waals surface area contributed by atoms with Crippen molar-refractivity contribution < 1.29 is 19.1 Å². The van der Waals surface area contributed by atoms with Gasteiger partial charge in [0.15, 0.2) is 0 Å². The Morgan fingerprint density at radius 1 is 0.543 bits per heavy atom. The smallest absolute Gasteiger partial charge is 0.309 e. The van der Waals surface area contributed by atoms with Crippen LogP contribution in [0.2, 0.25) is 0 Å². The number of hydrogen-bond acceptors (Lipinski definition) is 4. The number of esters is 2. The van der Waals surface area contributed by atoms with E-state index in [4.69, 9.17) is 9.47 Å². The van der Waals surface area contributed by atoms with E-state index in [9.17, 15) is 9.59 Å². The van der Waals surface area contributed by atoms with Crippen LogP contribution in [-0.4, -0.2) is 25.2 Å². The number of unbranched alkanes of at least 4 members (excludes halogenated alkanes) is 16. The Balaban J connectivity index is 3.45. The Morgan fingerprint density at radius 3 is 1.43 bits per heavy atom. The van der Waals surface area contributed by atoms with Gasteiger partial charge in [-0.05, 0) is 31.6 Å². The van der Waals surface area contributed by atoms with Crippen LogP contribution in [0.25, 0.3) is 0 Å². The maximum atomic E-state index is 12.4. The van der Waals surface area contributed by atoms with E-state index in [0.29, 0.717) is 25.6 Å². The first-order valence-corrected chi connectivity index (χ1v) is 15.3. The van der Waals surface area contributed by atoms with Gasteiger partial charge in [0.25, 0.3) is 0 Å². The van der Waals surface area contributed by atoms with Crippen LogP contribution >= 0.6 is 0 Å². The summed E-state index contributed by atoms with van der Waals surface area (Å²) in [6, 6.07) is 0. The predicted molar refractivity (Wildman–Crippen MR) is 149 cm³/mol. The second-order valence-corrected chi connectivity index (χ2v) is 10.8. The van der Waals surface area contributed by atoms with Gasteiger partial charge in [-0.3, -0.25) is 9.59 Å². The molecule has 0 heterocycles. The Morgan fingerprint density at radius 2 is 0.971 bits per heavy atom. The monoisotopic (exact) mass is 496 g/mol. The Bertz CT molecular complexity index is 475. The minimum absolute atomic E-state index is 0.0128. The third-order valence-electron chi connectivity index (χ3n) is 7.01. The molecule has 4 heteroatoms. The van der Waals surface area contributed by atoms with Crippen LogP contribution in [0.1, 0.15) is 163 Å². The van der Waals surface area contributed by atoms with Crippen LogP contribution in [0.15, 0.2) is 0 Å². The standard InChI is InChI=1S/C31H60O4/c1-5-7-22-26-34-30(32)25-21-19-17-15-13-11-9-10-12-14-16-18-20-24-29(28(3)4)31(33)35-27-23-8-6-2/h28-29H,5-27H2,1-4H3. The SMILES string of the molecule is CCCCCOC(=O)CCCCCCCCCCCCCCCC(C(=O)OCCCCC)C(C)C. The lowest BCUT2D eigenvalue weighted by molar-refractivity contribution is -0.150. The number of ether oxygens (including phenoxy) is 2. The zero-order valence-electron chi connectivity index (χ0n) is 24.1. The molecule has 0 fully saturated rings. The maximum absolute atomic E-state index is 12.4. The van der Waals surface area contributed by atoms with Crippen molar-refractivity contribution in [2.45, 2.75) is 163 Å². The van der Waals surface area contributed by atoms with Gasteiger partial charge < -0.3 is 9.47 Å². The molecule has 0 aliphatic carbocycles. The topological polar surface area (TPSA) is 52.6 Å². The van der Waals surface area contributed by atoms with E-state index in [2.05, 4.69) is 27.7 Å². The number of rotatable bonds is 26. The molecule has 35 heavy (non-hydrogen) atoms. The first-order valence-electron chi connectivity index (χ1n) is 15.3. The molecule has 0 saturated heterocycles. The minimum atomic E-state index is -0.0128. The summed E-state index contributed by atoms with van der Waals surface area (Å²) in [6.45, 7) is 9.80. The van der Waals surface area contributed by atoms with Crippen molar-refractivity contribution in [3.63, 3.8) is 0 Å². The minimum Gasteiger partial charge on any atom is -0.466 e. The van der Waals surface area contributed by atoms with Crippen molar-refractivity contribution in [1.29, 1.82) is 0 Å². The van der Waals surface area contributed by atoms with Crippen LogP contribution in [0.4, 0.5) is 0 Å². The quantitative estimate of drug-likeness (QED) is 0.0883. The van der Waals surface area contributed by atoms with Gasteiger partial charge in [0.1, 0.15) is 0 Å². The van der Waals surface area contributed by atoms with Gasteiger partial charge in [-0.25, -0.2) is 0 Å². The van der Waals surface area contributed by atoms with Crippen molar-refractivity contribution in [1.82, 2.24) is 0 Å². The van der Waals surface area contributed by atoms with Gasteiger partial charge in [-0.2, -0.15) is 0 Å². The summed E-state index contributed by atoms with van der Waals surface area (Å²) in [6.07, 6.45) is 24.5. The largest absolute Gasteiger partial charge is 0.466 e. The molecule has 0 bridgehead atoms. The highest BCUT2D eigenvalue weighted by molar-refractivity contribution is 5.72. The van der Waals surface area contributed by atoms with E-state index in [-0.39, 0.29) is 17.9 Å². The first kappa shape index (κ1) is 33.9. The molecule has 208 valence electrons. The van der Waals surface area contributed by atoms with Crippen molar-refractivity contribution in [3.05, 3.63) is 0 Å². The second-order valence-electron chi connectivity index (χ2n) is 10.8. The number of carbonyl (C=O) groups excluding carboxylic acids is 2. The summed E-state index contributed by atoms with van der Waals surface area (Å²) in [5.74, 6) is 0.448. The van der Waals surface area contributed by atoms with Gasteiger partial charge in [0, 0.05) is 6.42 Å². The molecule has 4 nitrogen and oxygen atoms in total. The van der Waals surface area contributed by atoms with Crippen LogP contribution in [0.3, 0.4) is 0 Å². The van der Waals surface area contributed by atoms with Crippen LogP contribution in [0, 0.1) is 11.8 Å². The molecule has 0 N–H and O–H groups in total.